The Kier molecular flexibility index (Phi) is 6.40. The highest BCUT2D eigenvalue weighted by Crippen LogP contribution is 2.30. The second-order valence-electron chi connectivity index (χ2n) is 8.57. The SMILES string of the molecule is Cl.O=C(C1NNC2CCNCC21)N(Cc1cccc2ccccc12)C1CCCC1. The number of benzene rings is 2. The van der Waals surface area contributed by atoms with Crippen LogP contribution in [0.15, 0.2) is 42.5 Å². The van der Waals surface area contributed by atoms with E-state index in [0.29, 0.717) is 24.5 Å². The Hall–Kier alpha value is -1.66. The lowest BCUT2D eigenvalue weighted by atomic mass is 9.88. The van der Waals surface area contributed by atoms with Crippen LogP contribution in [0.3, 0.4) is 0 Å². The van der Waals surface area contributed by atoms with Gasteiger partial charge in [0.1, 0.15) is 6.04 Å². The molecule has 5 nitrogen and oxygen atoms in total. The average Bonchev–Trinajstić information content (AvgIpc) is 3.41. The largest absolute Gasteiger partial charge is 0.334 e. The molecule has 29 heavy (non-hydrogen) atoms. The van der Waals surface area contributed by atoms with E-state index in [1.165, 1.54) is 29.2 Å². The fourth-order valence-corrected chi connectivity index (χ4v) is 5.36. The third-order valence-corrected chi connectivity index (χ3v) is 6.92. The van der Waals surface area contributed by atoms with Gasteiger partial charge in [-0.1, -0.05) is 55.3 Å². The van der Waals surface area contributed by atoms with Gasteiger partial charge in [-0.2, -0.15) is 0 Å². The summed E-state index contributed by atoms with van der Waals surface area (Å²) in [4.78, 5) is 15.9. The third kappa shape index (κ3) is 4.02. The van der Waals surface area contributed by atoms with Gasteiger partial charge in [0.15, 0.2) is 0 Å². The number of hydrogen-bond acceptors (Lipinski definition) is 4. The molecule has 0 aromatic heterocycles. The maximum absolute atomic E-state index is 13.7. The Bertz CT molecular complexity index is 848. The van der Waals surface area contributed by atoms with Crippen molar-refractivity contribution in [1.82, 2.24) is 21.1 Å². The van der Waals surface area contributed by atoms with Crippen molar-refractivity contribution in [3.05, 3.63) is 48.0 Å². The van der Waals surface area contributed by atoms with Crippen molar-refractivity contribution in [3.63, 3.8) is 0 Å². The van der Waals surface area contributed by atoms with Crippen molar-refractivity contribution in [2.45, 2.75) is 56.8 Å². The number of fused-ring (bicyclic) bond motifs is 2. The van der Waals surface area contributed by atoms with Crippen molar-refractivity contribution in [2.24, 2.45) is 5.92 Å². The van der Waals surface area contributed by atoms with Crippen LogP contribution in [0.4, 0.5) is 0 Å². The van der Waals surface area contributed by atoms with E-state index in [4.69, 9.17) is 0 Å². The van der Waals surface area contributed by atoms with Crippen LogP contribution >= 0.6 is 12.4 Å². The van der Waals surface area contributed by atoms with Gasteiger partial charge in [0.05, 0.1) is 0 Å². The number of halogens is 1. The Morgan fingerprint density at radius 2 is 1.79 bits per heavy atom. The molecule has 3 unspecified atom stereocenters. The highest BCUT2D eigenvalue weighted by atomic mass is 35.5. The Morgan fingerprint density at radius 1 is 1.00 bits per heavy atom. The smallest absolute Gasteiger partial charge is 0.242 e. The van der Waals surface area contributed by atoms with Crippen molar-refractivity contribution in [1.29, 1.82) is 0 Å². The molecule has 2 aliphatic heterocycles. The first-order chi connectivity index (χ1) is 13.8. The van der Waals surface area contributed by atoms with Crippen molar-refractivity contribution in [3.8, 4) is 0 Å². The summed E-state index contributed by atoms with van der Waals surface area (Å²) in [6.45, 7) is 2.64. The van der Waals surface area contributed by atoms with Crippen LogP contribution in [-0.4, -0.2) is 42.0 Å². The van der Waals surface area contributed by atoms with Gasteiger partial charge >= 0.3 is 0 Å². The Labute approximate surface area is 179 Å². The van der Waals surface area contributed by atoms with E-state index in [-0.39, 0.29) is 24.4 Å². The summed E-state index contributed by atoms with van der Waals surface area (Å²) in [5, 5.41) is 5.98. The van der Waals surface area contributed by atoms with Crippen LogP contribution in [0, 0.1) is 5.92 Å². The molecule has 2 heterocycles. The maximum atomic E-state index is 13.7. The number of hydrogen-bond donors (Lipinski definition) is 3. The summed E-state index contributed by atoms with van der Waals surface area (Å²) in [6.07, 6.45) is 5.79. The summed E-state index contributed by atoms with van der Waals surface area (Å²) in [5.41, 5.74) is 7.99. The molecule has 3 N–H and O–H groups in total. The van der Waals surface area contributed by atoms with Crippen molar-refractivity contribution in [2.75, 3.05) is 13.1 Å². The van der Waals surface area contributed by atoms with Gasteiger partial charge in [0.2, 0.25) is 5.91 Å². The lowest BCUT2D eigenvalue weighted by Crippen LogP contribution is -2.52. The molecule has 1 amide bonds. The molecule has 3 aliphatic rings. The number of nitrogens with one attached hydrogen (secondary N) is 3. The lowest BCUT2D eigenvalue weighted by Gasteiger charge is -2.34. The number of carbonyl (C=O) groups is 1. The molecule has 1 saturated carbocycles. The van der Waals surface area contributed by atoms with E-state index < -0.39 is 0 Å². The van der Waals surface area contributed by atoms with Gasteiger partial charge in [0.25, 0.3) is 0 Å². The molecule has 5 rings (SSSR count). The van der Waals surface area contributed by atoms with Crippen LogP contribution in [-0.2, 0) is 11.3 Å². The highest BCUT2D eigenvalue weighted by Gasteiger charge is 2.44. The van der Waals surface area contributed by atoms with E-state index in [1.54, 1.807) is 0 Å². The molecular formula is C23H31ClN4O. The normalized spacial score (nSPS) is 26.8. The van der Waals surface area contributed by atoms with Gasteiger partial charge in [-0.05, 0) is 42.1 Å². The zero-order valence-electron chi connectivity index (χ0n) is 16.8. The molecule has 0 spiro atoms. The van der Waals surface area contributed by atoms with Crippen LogP contribution < -0.4 is 16.2 Å². The van der Waals surface area contributed by atoms with Gasteiger partial charge in [-0.15, -0.1) is 12.4 Å². The third-order valence-electron chi connectivity index (χ3n) is 6.92. The summed E-state index contributed by atoms with van der Waals surface area (Å²) in [7, 11) is 0. The number of nitrogens with zero attached hydrogens (tertiary/aromatic N) is 1. The van der Waals surface area contributed by atoms with Gasteiger partial charge in [0, 0.05) is 31.1 Å². The van der Waals surface area contributed by atoms with E-state index in [1.807, 2.05) is 0 Å². The predicted octanol–water partition coefficient (Wildman–Crippen LogP) is 2.99. The first kappa shape index (κ1) is 20.6. The Morgan fingerprint density at radius 3 is 2.66 bits per heavy atom. The topological polar surface area (TPSA) is 56.4 Å². The highest BCUT2D eigenvalue weighted by molar-refractivity contribution is 5.87. The maximum Gasteiger partial charge on any atom is 0.242 e. The summed E-state index contributed by atoms with van der Waals surface area (Å²) in [5.74, 6) is 0.598. The molecule has 2 saturated heterocycles. The van der Waals surface area contributed by atoms with Gasteiger partial charge < -0.3 is 10.2 Å². The van der Waals surface area contributed by atoms with E-state index in [0.717, 1.165) is 32.4 Å². The molecule has 2 aromatic rings. The minimum absolute atomic E-state index is 0. The monoisotopic (exact) mass is 414 g/mol. The molecule has 3 fully saturated rings. The second-order valence-corrected chi connectivity index (χ2v) is 8.57. The lowest BCUT2D eigenvalue weighted by molar-refractivity contribution is -0.137. The second kappa shape index (κ2) is 9.00. The minimum Gasteiger partial charge on any atom is -0.334 e. The molecule has 0 bridgehead atoms. The summed E-state index contributed by atoms with van der Waals surface area (Å²) in [6, 6.07) is 15.6. The predicted molar refractivity (Wildman–Crippen MR) is 119 cm³/mol. The zero-order valence-corrected chi connectivity index (χ0v) is 17.6. The van der Waals surface area contributed by atoms with Crippen LogP contribution in [0.2, 0.25) is 0 Å². The number of carbonyl (C=O) groups excluding carboxylic acids is 1. The van der Waals surface area contributed by atoms with Gasteiger partial charge in [-0.3, -0.25) is 10.2 Å². The number of amides is 1. The van der Waals surface area contributed by atoms with Crippen LogP contribution in [0.25, 0.3) is 10.8 Å². The van der Waals surface area contributed by atoms with E-state index in [2.05, 4.69) is 63.5 Å². The van der Waals surface area contributed by atoms with Crippen molar-refractivity contribution < 1.29 is 4.79 Å². The first-order valence-corrected chi connectivity index (χ1v) is 10.8. The van der Waals surface area contributed by atoms with Crippen LogP contribution in [0.1, 0.15) is 37.7 Å². The minimum atomic E-state index is -0.131. The molecule has 3 atom stereocenters. The zero-order chi connectivity index (χ0) is 18.9. The summed E-state index contributed by atoms with van der Waals surface area (Å²) < 4.78 is 0. The molecule has 6 heteroatoms. The quantitative estimate of drug-likeness (QED) is 0.719. The summed E-state index contributed by atoms with van der Waals surface area (Å²) >= 11 is 0. The fraction of sp³-hybridized carbons (Fsp3) is 0.522. The standard InChI is InChI=1S/C23H30N4O.ClH/c28-23(22-20-14-24-13-12-21(20)25-26-22)27(18-9-2-3-10-18)15-17-8-5-7-16-6-1-4-11-19(16)17;/h1,4-8,11,18,20-22,24-26H,2-3,9-10,12-15H2;1H. The number of piperidine rings is 1. The Balaban J connectivity index is 0.00000205. The van der Waals surface area contributed by atoms with Crippen molar-refractivity contribution >= 4 is 29.1 Å². The molecular weight excluding hydrogens is 384 g/mol. The van der Waals surface area contributed by atoms with E-state index in [9.17, 15) is 4.79 Å². The van der Waals surface area contributed by atoms with Crippen LogP contribution in [0.5, 0.6) is 0 Å². The van der Waals surface area contributed by atoms with Gasteiger partial charge in [-0.25, -0.2) is 5.43 Å². The molecule has 1 aliphatic carbocycles. The number of hydrazine groups is 1. The molecule has 2 aromatic carbocycles. The average molecular weight is 415 g/mol. The number of rotatable bonds is 4. The first-order valence-electron chi connectivity index (χ1n) is 10.8. The fourth-order valence-electron chi connectivity index (χ4n) is 5.36. The van der Waals surface area contributed by atoms with E-state index >= 15 is 0 Å². The molecule has 156 valence electrons. The molecule has 0 radical (unpaired) electrons.